The zero-order valence-corrected chi connectivity index (χ0v) is 9.81. The monoisotopic (exact) mass is 241 g/mol. The summed E-state index contributed by atoms with van der Waals surface area (Å²) >= 11 is 0. The average Bonchev–Trinajstić information content (AvgIpc) is 2.26. The second-order valence-corrected chi connectivity index (χ2v) is 3.78. The molecule has 1 aromatic carbocycles. The minimum Gasteiger partial charge on any atom is -0.480 e. The lowest BCUT2D eigenvalue weighted by Gasteiger charge is -2.18. The Labute approximate surface area is 99.2 Å². The van der Waals surface area contributed by atoms with Gasteiger partial charge in [0.1, 0.15) is 11.6 Å². The Hall–Kier alpha value is -1.62. The molecule has 0 saturated carbocycles. The molecule has 2 unspecified atom stereocenters. The Morgan fingerprint density at radius 1 is 1.59 bits per heavy atom. The predicted octanol–water partition coefficient (Wildman–Crippen LogP) is 1.52. The van der Waals surface area contributed by atoms with Crippen LogP contribution in [0.1, 0.15) is 31.9 Å². The van der Waals surface area contributed by atoms with Crippen molar-refractivity contribution in [2.75, 3.05) is 0 Å². The van der Waals surface area contributed by atoms with E-state index in [2.05, 4.69) is 0 Å². The second kappa shape index (κ2) is 5.63. The van der Waals surface area contributed by atoms with Crippen LogP contribution in [0.15, 0.2) is 18.2 Å². The molecular weight excluding hydrogens is 225 g/mol. The maximum Gasteiger partial charge on any atom is 0.258 e. The van der Waals surface area contributed by atoms with E-state index in [1.54, 1.807) is 6.92 Å². The molecule has 0 saturated heterocycles. The molecule has 94 valence electrons. The average molecular weight is 241 g/mol. The maximum atomic E-state index is 13.0. The van der Waals surface area contributed by atoms with Crippen LogP contribution in [0.2, 0.25) is 0 Å². The van der Waals surface area contributed by atoms with Crippen molar-refractivity contribution < 1.29 is 19.0 Å². The summed E-state index contributed by atoms with van der Waals surface area (Å²) in [6, 6.07) is 3.76. The van der Waals surface area contributed by atoms with Crippen LogP contribution in [0.3, 0.4) is 0 Å². The number of nitrogens with two attached hydrogens (primary N) is 1. The quantitative estimate of drug-likeness (QED) is 0.821. The van der Waals surface area contributed by atoms with E-state index in [0.29, 0.717) is 12.0 Å². The van der Waals surface area contributed by atoms with Crippen molar-refractivity contribution in [3.8, 4) is 5.75 Å². The summed E-state index contributed by atoms with van der Waals surface area (Å²) in [6.07, 6.45) is -1.25. The third-order valence-electron chi connectivity index (χ3n) is 2.38. The molecule has 0 aliphatic rings. The lowest BCUT2D eigenvalue weighted by atomic mass is 10.1. The molecule has 0 radical (unpaired) electrons. The van der Waals surface area contributed by atoms with Crippen LogP contribution < -0.4 is 10.5 Å². The van der Waals surface area contributed by atoms with Crippen molar-refractivity contribution >= 4 is 5.91 Å². The van der Waals surface area contributed by atoms with Gasteiger partial charge in [0.25, 0.3) is 5.91 Å². The third-order valence-corrected chi connectivity index (χ3v) is 2.38. The number of ether oxygens (including phenoxy) is 1. The molecule has 1 amide bonds. The molecule has 5 heteroatoms. The summed E-state index contributed by atoms with van der Waals surface area (Å²) in [5.74, 6) is -0.791. The number of benzene rings is 1. The van der Waals surface area contributed by atoms with Crippen LogP contribution in [0.25, 0.3) is 0 Å². The van der Waals surface area contributed by atoms with Gasteiger partial charge in [-0.1, -0.05) is 6.92 Å². The topological polar surface area (TPSA) is 72.6 Å². The van der Waals surface area contributed by atoms with Gasteiger partial charge in [0.05, 0.1) is 6.10 Å². The number of aliphatic hydroxyl groups is 1. The van der Waals surface area contributed by atoms with Crippen molar-refractivity contribution in [2.24, 2.45) is 5.73 Å². The van der Waals surface area contributed by atoms with Gasteiger partial charge in [0.15, 0.2) is 6.10 Å². The van der Waals surface area contributed by atoms with E-state index in [1.807, 2.05) is 0 Å². The number of rotatable bonds is 5. The van der Waals surface area contributed by atoms with Crippen LogP contribution in [0, 0.1) is 5.82 Å². The molecule has 0 aliphatic heterocycles. The Bertz CT molecular complexity index is 407. The molecular formula is C12H16FNO3. The molecule has 3 N–H and O–H groups in total. The van der Waals surface area contributed by atoms with Gasteiger partial charge in [0, 0.05) is 5.56 Å². The van der Waals surface area contributed by atoms with Crippen LogP contribution in [-0.2, 0) is 4.79 Å². The van der Waals surface area contributed by atoms with Gasteiger partial charge in [0.2, 0.25) is 0 Å². The summed E-state index contributed by atoms with van der Waals surface area (Å²) in [5, 5.41) is 9.49. The van der Waals surface area contributed by atoms with Crippen molar-refractivity contribution in [1.82, 2.24) is 0 Å². The van der Waals surface area contributed by atoms with Gasteiger partial charge in [-0.15, -0.1) is 0 Å². The first kappa shape index (κ1) is 13.4. The summed E-state index contributed by atoms with van der Waals surface area (Å²) in [6.45, 7) is 3.24. The lowest BCUT2D eigenvalue weighted by molar-refractivity contribution is -0.124. The molecule has 0 spiro atoms. The van der Waals surface area contributed by atoms with Crippen LogP contribution in [0.5, 0.6) is 5.75 Å². The highest BCUT2D eigenvalue weighted by atomic mass is 19.1. The SMILES string of the molecule is CCC(Oc1ccc(F)cc1C(C)O)C(N)=O. The number of hydrogen-bond acceptors (Lipinski definition) is 3. The number of carbonyl (C=O) groups excluding carboxylic acids is 1. The van der Waals surface area contributed by atoms with E-state index in [9.17, 15) is 14.3 Å². The van der Waals surface area contributed by atoms with Gasteiger partial charge in [-0.3, -0.25) is 4.79 Å². The first-order valence-electron chi connectivity index (χ1n) is 5.39. The highest BCUT2D eigenvalue weighted by Crippen LogP contribution is 2.27. The first-order chi connectivity index (χ1) is 7.95. The number of amides is 1. The zero-order valence-electron chi connectivity index (χ0n) is 9.81. The third kappa shape index (κ3) is 3.42. The molecule has 17 heavy (non-hydrogen) atoms. The van der Waals surface area contributed by atoms with Gasteiger partial charge in [-0.2, -0.15) is 0 Å². The molecule has 0 aliphatic carbocycles. The molecule has 2 atom stereocenters. The smallest absolute Gasteiger partial charge is 0.258 e. The van der Waals surface area contributed by atoms with Gasteiger partial charge >= 0.3 is 0 Å². The highest BCUT2D eigenvalue weighted by Gasteiger charge is 2.18. The van der Waals surface area contributed by atoms with Gasteiger partial charge in [-0.05, 0) is 31.5 Å². The Morgan fingerprint density at radius 3 is 2.71 bits per heavy atom. The second-order valence-electron chi connectivity index (χ2n) is 3.78. The van der Waals surface area contributed by atoms with E-state index in [-0.39, 0.29) is 5.75 Å². The Morgan fingerprint density at radius 2 is 2.24 bits per heavy atom. The zero-order chi connectivity index (χ0) is 13.0. The molecule has 1 rings (SSSR count). The normalized spacial score (nSPS) is 14.1. The lowest BCUT2D eigenvalue weighted by Crippen LogP contribution is -2.33. The first-order valence-corrected chi connectivity index (χ1v) is 5.39. The molecule has 0 fully saturated rings. The number of primary amides is 1. The van der Waals surface area contributed by atoms with Crippen molar-refractivity contribution in [2.45, 2.75) is 32.5 Å². The van der Waals surface area contributed by atoms with Gasteiger partial charge in [-0.25, -0.2) is 4.39 Å². The van der Waals surface area contributed by atoms with Gasteiger partial charge < -0.3 is 15.6 Å². The number of aliphatic hydroxyl groups excluding tert-OH is 1. The fourth-order valence-electron chi connectivity index (χ4n) is 1.45. The van der Waals surface area contributed by atoms with E-state index in [0.717, 1.165) is 0 Å². The van der Waals surface area contributed by atoms with Crippen molar-refractivity contribution in [3.05, 3.63) is 29.6 Å². The van der Waals surface area contributed by atoms with E-state index in [1.165, 1.54) is 25.1 Å². The molecule has 1 aromatic rings. The number of hydrogen-bond donors (Lipinski definition) is 2. The Balaban J connectivity index is 3.01. The van der Waals surface area contributed by atoms with E-state index >= 15 is 0 Å². The summed E-state index contributed by atoms with van der Waals surface area (Å²) in [4.78, 5) is 11.0. The molecule has 0 heterocycles. The molecule has 4 nitrogen and oxygen atoms in total. The predicted molar refractivity (Wildman–Crippen MR) is 60.9 cm³/mol. The fourth-order valence-corrected chi connectivity index (χ4v) is 1.45. The van der Waals surface area contributed by atoms with Crippen LogP contribution >= 0.6 is 0 Å². The number of halogens is 1. The minimum atomic E-state index is -0.883. The minimum absolute atomic E-state index is 0.270. The number of carbonyl (C=O) groups is 1. The van der Waals surface area contributed by atoms with E-state index < -0.39 is 23.9 Å². The fraction of sp³-hybridized carbons (Fsp3) is 0.417. The molecule has 0 bridgehead atoms. The largest absolute Gasteiger partial charge is 0.480 e. The van der Waals surface area contributed by atoms with Crippen molar-refractivity contribution in [1.29, 1.82) is 0 Å². The summed E-state index contributed by atoms with van der Waals surface area (Å²) in [5.41, 5.74) is 5.45. The van der Waals surface area contributed by atoms with E-state index in [4.69, 9.17) is 10.5 Å². The van der Waals surface area contributed by atoms with Crippen LogP contribution in [0.4, 0.5) is 4.39 Å². The maximum absolute atomic E-state index is 13.0. The molecule has 0 aromatic heterocycles. The Kier molecular flexibility index (Phi) is 4.45. The highest BCUT2D eigenvalue weighted by molar-refractivity contribution is 5.79. The van der Waals surface area contributed by atoms with Crippen LogP contribution in [-0.4, -0.2) is 17.1 Å². The standard InChI is InChI=1S/C12H16FNO3/c1-3-10(12(14)16)17-11-5-4-8(13)6-9(11)7(2)15/h4-7,10,15H,3H2,1-2H3,(H2,14,16). The van der Waals surface area contributed by atoms with Crippen molar-refractivity contribution in [3.63, 3.8) is 0 Å². The summed E-state index contributed by atoms with van der Waals surface area (Å²) in [7, 11) is 0. The summed E-state index contributed by atoms with van der Waals surface area (Å²) < 4.78 is 18.4.